The van der Waals surface area contributed by atoms with Crippen molar-refractivity contribution in [2.45, 2.75) is 37.9 Å². The predicted molar refractivity (Wildman–Crippen MR) is 69.3 cm³/mol. The van der Waals surface area contributed by atoms with Gasteiger partial charge in [-0.1, -0.05) is 12.1 Å². The number of hydrogen-bond acceptors (Lipinski definition) is 3. The third-order valence-electron chi connectivity index (χ3n) is 4.42. The molecule has 0 saturated carbocycles. The van der Waals surface area contributed by atoms with E-state index in [1.165, 1.54) is 0 Å². The Labute approximate surface area is 112 Å². The first kappa shape index (κ1) is 12.2. The smallest absolute Gasteiger partial charge is 0.308 e. The normalized spacial score (nSPS) is 29.3. The van der Waals surface area contributed by atoms with E-state index < -0.39 is 5.97 Å². The minimum atomic E-state index is -0.664. The van der Waals surface area contributed by atoms with Gasteiger partial charge in [-0.15, -0.1) is 0 Å². The van der Waals surface area contributed by atoms with Gasteiger partial charge in [0.1, 0.15) is 0 Å². The van der Waals surface area contributed by atoms with Crippen LogP contribution in [0.3, 0.4) is 0 Å². The quantitative estimate of drug-likeness (QED) is 0.898. The second-order valence-corrected chi connectivity index (χ2v) is 5.46. The zero-order valence-corrected chi connectivity index (χ0v) is 10.6. The van der Waals surface area contributed by atoms with Gasteiger partial charge in [-0.25, -0.2) is 0 Å². The van der Waals surface area contributed by atoms with Crippen LogP contribution in [-0.4, -0.2) is 28.1 Å². The summed E-state index contributed by atoms with van der Waals surface area (Å²) < 4.78 is 0. The fourth-order valence-corrected chi connectivity index (χ4v) is 3.56. The van der Waals surface area contributed by atoms with Crippen LogP contribution in [0.15, 0.2) is 24.3 Å². The average Bonchev–Trinajstić information content (AvgIpc) is 2.96. The van der Waals surface area contributed by atoms with Crippen molar-refractivity contribution in [3.8, 4) is 6.07 Å². The molecule has 1 N–H and O–H groups in total. The number of carboxylic acids is 1. The number of benzene rings is 1. The number of fused-ring (bicyclic) bond motifs is 2. The van der Waals surface area contributed by atoms with Crippen LogP contribution in [0.4, 0.5) is 0 Å². The Hall–Kier alpha value is -1.86. The predicted octanol–water partition coefficient (Wildman–Crippen LogP) is 2.00. The molecule has 2 aliphatic rings. The van der Waals surface area contributed by atoms with Gasteiger partial charge in [0.05, 0.1) is 17.6 Å². The second-order valence-electron chi connectivity index (χ2n) is 5.46. The molecule has 0 spiro atoms. The number of hydrogen-bond donors (Lipinski definition) is 1. The highest BCUT2D eigenvalue weighted by Gasteiger charge is 2.48. The Morgan fingerprint density at radius 2 is 2.32 bits per heavy atom. The highest BCUT2D eigenvalue weighted by molar-refractivity contribution is 5.71. The summed E-state index contributed by atoms with van der Waals surface area (Å²) in [4.78, 5) is 13.5. The third-order valence-corrected chi connectivity index (χ3v) is 4.42. The topological polar surface area (TPSA) is 64.3 Å². The molecule has 3 atom stereocenters. The van der Waals surface area contributed by atoms with E-state index in [9.17, 15) is 9.90 Å². The molecule has 19 heavy (non-hydrogen) atoms. The maximum absolute atomic E-state index is 11.2. The molecule has 2 fully saturated rings. The van der Waals surface area contributed by atoms with Gasteiger partial charge in [0.15, 0.2) is 0 Å². The Balaban J connectivity index is 1.77. The molecule has 0 aliphatic carbocycles. The van der Waals surface area contributed by atoms with Crippen LogP contribution in [0, 0.1) is 17.2 Å². The van der Waals surface area contributed by atoms with Crippen LogP contribution < -0.4 is 0 Å². The standard InChI is InChI=1S/C15H16N2O2/c16-8-10-2-1-3-11(6-10)9-17-12-4-5-14(17)13(7-12)15(18)19/h1-3,6,12-14H,4-5,7,9H2,(H,18,19). The molecular formula is C15H16N2O2. The van der Waals surface area contributed by atoms with Gasteiger partial charge >= 0.3 is 5.97 Å². The molecule has 0 aromatic heterocycles. The van der Waals surface area contributed by atoms with Crippen molar-refractivity contribution in [1.29, 1.82) is 5.26 Å². The summed E-state index contributed by atoms with van der Waals surface area (Å²) in [5.74, 6) is -0.874. The van der Waals surface area contributed by atoms with Crippen LogP contribution in [0.1, 0.15) is 30.4 Å². The van der Waals surface area contributed by atoms with E-state index in [1.54, 1.807) is 6.07 Å². The molecule has 3 unspecified atom stereocenters. The fourth-order valence-electron chi connectivity index (χ4n) is 3.56. The second kappa shape index (κ2) is 4.67. The molecular weight excluding hydrogens is 240 g/mol. The zero-order chi connectivity index (χ0) is 13.4. The molecule has 0 amide bonds. The molecule has 2 saturated heterocycles. The zero-order valence-electron chi connectivity index (χ0n) is 10.6. The van der Waals surface area contributed by atoms with Gasteiger partial charge < -0.3 is 5.11 Å². The summed E-state index contributed by atoms with van der Waals surface area (Å²) in [5, 5.41) is 18.1. The third kappa shape index (κ3) is 2.11. The van der Waals surface area contributed by atoms with Crippen LogP contribution in [-0.2, 0) is 11.3 Å². The van der Waals surface area contributed by atoms with E-state index in [4.69, 9.17) is 5.26 Å². The fraction of sp³-hybridized carbons (Fsp3) is 0.467. The lowest BCUT2D eigenvalue weighted by Crippen LogP contribution is -2.32. The average molecular weight is 256 g/mol. The number of carboxylic acid groups (broad SMARTS) is 1. The van der Waals surface area contributed by atoms with Crippen molar-refractivity contribution in [3.05, 3.63) is 35.4 Å². The minimum absolute atomic E-state index is 0.174. The first-order valence-electron chi connectivity index (χ1n) is 6.66. The minimum Gasteiger partial charge on any atom is -0.481 e. The van der Waals surface area contributed by atoms with E-state index in [-0.39, 0.29) is 12.0 Å². The lowest BCUT2D eigenvalue weighted by Gasteiger charge is -2.22. The van der Waals surface area contributed by atoms with E-state index in [0.29, 0.717) is 11.6 Å². The molecule has 98 valence electrons. The maximum atomic E-state index is 11.2. The SMILES string of the molecule is N#Cc1cccc(CN2C3CCC2C(C(=O)O)C3)c1. The van der Waals surface area contributed by atoms with E-state index in [2.05, 4.69) is 11.0 Å². The molecule has 0 radical (unpaired) electrons. The molecule has 2 heterocycles. The summed E-state index contributed by atoms with van der Waals surface area (Å²) in [6.45, 7) is 0.759. The van der Waals surface area contributed by atoms with Crippen LogP contribution in [0.2, 0.25) is 0 Å². The Kier molecular flexibility index (Phi) is 3.00. The number of nitriles is 1. The largest absolute Gasteiger partial charge is 0.481 e. The monoisotopic (exact) mass is 256 g/mol. The molecule has 3 rings (SSSR count). The number of rotatable bonds is 3. The van der Waals surface area contributed by atoms with Crippen molar-refractivity contribution in [2.75, 3.05) is 0 Å². The van der Waals surface area contributed by atoms with Crippen molar-refractivity contribution in [2.24, 2.45) is 5.92 Å². The Morgan fingerprint density at radius 3 is 3.00 bits per heavy atom. The first-order valence-corrected chi connectivity index (χ1v) is 6.66. The van der Waals surface area contributed by atoms with Crippen molar-refractivity contribution in [3.63, 3.8) is 0 Å². The van der Waals surface area contributed by atoms with Crippen molar-refractivity contribution >= 4 is 5.97 Å². The van der Waals surface area contributed by atoms with Crippen LogP contribution in [0.25, 0.3) is 0 Å². The lowest BCUT2D eigenvalue weighted by atomic mass is 9.89. The highest BCUT2D eigenvalue weighted by Crippen LogP contribution is 2.42. The van der Waals surface area contributed by atoms with Crippen molar-refractivity contribution in [1.82, 2.24) is 4.90 Å². The summed E-state index contributed by atoms with van der Waals surface area (Å²) >= 11 is 0. The van der Waals surface area contributed by atoms with Gasteiger partial charge in [-0.05, 0) is 37.0 Å². The van der Waals surface area contributed by atoms with E-state index in [1.807, 2.05) is 18.2 Å². The molecule has 1 aromatic rings. The molecule has 2 bridgehead atoms. The molecule has 1 aromatic carbocycles. The van der Waals surface area contributed by atoms with Gasteiger partial charge in [-0.2, -0.15) is 5.26 Å². The summed E-state index contributed by atoms with van der Waals surface area (Å²) in [6, 6.07) is 10.3. The summed E-state index contributed by atoms with van der Waals surface area (Å²) in [6.07, 6.45) is 2.86. The van der Waals surface area contributed by atoms with Gasteiger partial charge in [0.2, 0.25) is 0 Å². The molecule has 4 heteroatoms. The summed E-state index contributed by atoms with van der Waals surface area (Å²) in [7, 11) is 0. The maximum Gasteiger partial charge on any atom is 0.308 e. The summed E-state index contributed by atoms with van der Waals surface area (Å²) in [5.41, 5.74) is 1.76. The van der Waals surface area contributed by atoms with Crippen LogP contribution in [0.5, 0.6) is 0 Å². The Morgan fingerprint density at radius 1 is 1.47 bits per heavy atom. The van der Waals surface area contributed by atoms with Gasteiger partial charge in [-0.3, -0.25) is 9.69 Å². The number of nitrogens with zero attached hydrogens (tertiary/aromatic N) is 2. The van der Waals surface area contributed by atoms with E-state index >= 15 is 0 Å². The highest BCUT2D eigenvalue weighted by atomic mass is 16.4. The van der Waals surface area contributed by atoms with Crippen LogP contribution >= 0.6 is 0 Å². The first-order chi connectivity index (χ1) is 9.19. The van der Waals surface area contributed by atoms with Gasteiger partial charge in [0, 0.05) is 18.6 Å². The molecule has 2 aliphatic heterocycles. The number of aliphatic carboxylic acids is 1. The molecule has 4 nitrogen and oxygen atoms in total. The number of carbonyl (C=O) groups is 1. The van der Waals surface area contributed by atoms with Gasteiger partial charge in [0.25, 0.3) is 0 Å². The van der Waals surface area contributed by atoms with Crippen molar-refractivity contribution < 1.29 is 9.90 Å². The lowest BCUT2D eigenvalue weighted by molar-refractivity contribution is -0.142. The Bertz CT molecular complexity index is 549. The van der Waals surface area contributed by atoms with E-state index in [0.717, 1.165) is 31.4 Å².